The Morgan fingerprint density at radius 2 is 1.33 bits per heavy atom. The van der Waals surface area contributed by atoms with Crippen molar-refractivity contribution < 1.29 is 31.6 Å². The fraction of sp³-hybridized carbons (Fsp3) is 0.800. The zero-order valence-corrected chi connectivity index (χ0v) is 28.0. The lowest BCUT2D eigenvalue weighted by atomic mass is 10.0. The van der Waals surface area contributed by atoms with Gasteiger partial charge in [-0.25, -0.2) is 0 Å². The van der Waals surface area contributed by atoms with Crippen molar-refractivity contribution in [2.24, 2.45) is 5.92 Å². The molecule has 8 heteroatoms. The standard InChI is InChI=1S/C35H60O7S/c1-3-4-5-6-7-8-9-10-11-12-13-14-15-18-25-39-28-32-27-33(40-29-32)30-41-35(36)20-17-16-19-26-42-43(37,38)34-23-21-31(2)22-24-34/h21-24,32-33H,3-20,25-30H2,1-2H3/t32-,33-/m0/s1. The van der Waals surface area contributed by atoms with E-state index in [4.69, 9.17) is 18.4 Å². The van der Waals surface area contributed by atoms with Gasteiger partial charge in [-0.05, 0) is 44.7 Å². The molecule has 1 aromatic rings. The number of carbonyl (C=O) groups excluding carboxylic acids is 1. The highest BCUT2D eigenvalue weighted by molar-refractivity contribution is 7.86. The first-order valence-corrected chi connectivity index (χ1v) is 18.6. The third-order valence-corrected chi connectivity index (χ3v) is 9.49. The van der Waals surface area contributed by atoms with E-state index in [0.29, 0.717) is 44.8 Å². The maximum atomic E-state index is 12.2. The largest absolute Gasteiger partial charge is 0.463 e. The number of unbranched alkanes of at least 4 members (excludes halogenated alkanes) is 15. The van der Waals surface area contributed by atoms with Crippen LogP contribution in [0.4, 0.5) is 0 Å². The summed E-state index contributed by atoms with van der Waals surface area (Å²) in [4.78, 5) is 12.3. The van der Waals surface area contributed by atoms with Gasteiger partial charge in [0.25, 0.3) is 10.1 Å². The van der Waals surface area contributed by atoms with Crippen LogP contribution in [0.3, 0.4) is 0 Å². The predicted octanol–water partition coefficient (Wildman–Crippen LogP) is 8.71. The highest BCUT2D eigenvalue weighted by Gasteiger charge is 2.26. The topological polar surface area (TPSA) is 88.1 Å². The molecule has 1 saturated heterocycles. The summed E-state index contributed by atoms with van der Waals surface area (Å²) in [6, 6.07) is 6.58. The van der Waals surface area contributed by atoms with Crippen LogP contribution in [0.5, 0.6) is 0 Å². The third-order valence-electron chi connectivity index (χ3n) is 8.16. The van der Waals surface area contributed by atoms with Crippen LogP contribution in [0, 0.1) is 12.8 Å². The van der Waals surface area contributed by atoms with Gasteiger partial charge in [0.1, 0.15) is 6.61 Å². The first-order chi connectivity index (χ1) is 20.9. The van der Waals surface area contributed by atoms with Crippen LogP contribution in [0.15, 0.2) is 29.2 Å². The van der Waals surface area contributed by atoms with Crippen LogP contribution in [0.2, 0.25) is 0 Å². The van der Waals surface area contributed by atoms with Gasteiger partial charge in [-0.3, -0.25) is 8.98 Å². The first-order valence-electron chi connectivity index (χ1n) is 17.2. The van der Waals surface area contributed by atoms with E-state index in [1.54, 1.807) is 24.3 Å². The Bertz CT molecular complexity index is 932. The molecular formula is C35H60O7S. The van der Waals surface area contributed by atoms with Crippen molar-refractivity contribution in [3.8, 4) is 0 Å². The molecule has 1 aliphatic rings. The van der Waals surface area contributed by atoms with E-state index in [9.17, 15) is 13.2 Å². The van der Waals surface area contributed by atoms with Crippen molar-refractivity contribution in [1.82, 2.24) is 0 Å². The average molecular weight is 625 g/mol. The fourth-order valence-electron chi connectivity index (χ4n) is 5.41. The second-order valence-electron chi connectivity index (χ2n) is 12.3. The molecule has 0 aromatic heterocycles. The van der Waals surface area contributed by atoms with Crippen molar-refractivity contribution in [1.29, 1.82) is 0 Å². The third kappa shape index (κ3) is 18.8. The number of hydrogen-bond donors (Lipinski definition) is 0. The normalized spacial score (nSPS) is 17.0. The minimum atomic E-state index is -3.74. The Balaban J connectivity index is 1.34. The molecular weight excluding hydrogens is 564 g/mol. The quantitative estimate of drug-likeness (QED) is 0.0549. The molecule has 0 amide bonds. The molecule has 0 radical (unpaired) electrons. The van der Waals surface area contributed by atoms with Gasteiger partial charge in [-0.2, -0.15) is 8.42 Å². The Kier molecular flexibility index (Phi) is 20.9. The summed E-state index contributed by atoms with van der Waals surface area (Å²) in [7, 11) is -3.74. The van der Waals surface area contributed by atoms with Crippen LogP contribution in [0.1, 0.15) is 134 Å². The molecule has 2 atom stereocenters. The maximum absolute atomic E-state index is 12.2. The van der Waals surface area contributed by atoms with Gasteiger partial charge in [0.15, 0.2) is 0 Å². The van der Waals surface area contributed by atoms with E-state index >= 15 is 0 Å². The summed E-state index contributed by atoms with van der Waals surface area (Å²) < 4.78 is 46.6. The van der Waals surface area contributed by atoms with Crippen LogP contribution in [-0.2, 0) is 33.3 Å². The smallest absolute Gasteiger partial charge is 0.305 e. The molecule has 0 bridgehead atoms. The van der Waals surface area contributed by atoms with E-state index in [1.165, 1.54) is 83.5 Å². The van der Waals surface area contributed by atoms with E-state index in [0.717, 1.165) is 25.0 Å². The van der Waals surface area contributed by atoms with Gasteiger partial charge in [-0.15, -0.1) is 0 Å². The van der Waals surface area contributed by atoms with E-state index in [1.807, 2.05) is 6.92 Å². The summed E-state index contributed by atoms with van der Waals surface area (Å²) in [5.41, 5.74) is 0.991. The SMILES string of the molecule is CCCCCCCCCCCCCCCCOC[C@H]1CO[C@H](COC(=O)CCCCCOS(=O)(=O)c2ccc(C)cc2)C1. The fourth-order valence-corrected chi connectivity index (χ4v) is 6.35. The number of hydrogen-bond acceptors (Lipinski definition) is 7. The molecule has 1 heterocycles. The zero-order valence-electron chi connectivity index (χ0n) is 27.2. The van der Waals surface area contributed by atoms with Gasteiger partial charge in [0.05, 0.1) is 30.8 Å². The molecule has 7 nitrogen and oxygen atoms in total. The Labute approximate surface area is 262 Å². The van der Waals surface area contributed by atoms with Crippen molar-refractivity contribution in [3.63, 3.8) is 0 Å². The van der Waals surface area contributed by atoms with Gasteiger partial charge in [0, 0.05) is 18.9 Å². The summed E-state index contributed by atoms with van der Waals surface area (Å²) >= 11 is 0. The van der Waals surface area contributed by atoms with Crippen molar-refractivity contribution in [2.75, 3.05) is 33.0 Å². The number of aryl methyl sites for hydroxylation is 1. The van der Waals surface area contributed by atoms with Crippen LogP contribution < -0.4 is 0 Å². The molecule has 248 valence electrons. The number of esters is 1. The minimum absolute atomic E-state index is 0.0565. The van der Waals surface area contributed by atoms with Gasteiger partial charge >= 0.3 is 5.97 Å². The van der Waals surface area contributed by atoms with E-state index < -0.39 is 10.1 Å². The van der Waals surface area contributed by atoms with Crippen molar-refractivity contribution >= 4 is 16.1 Å². The summed E-state index contributed by atoms with van der Waals surface area (Å²) in [5, 5.41) is 0. The molecule has 1 fully saturated rings. The van der Waals surface area contributed by atoms with Crippen molar-refractivity contribution in [2.45, 2.75) is 147 Å². The van der Waals surface area contributed by atoms with Gasteiger partial charge in [-0.1, -0.05) is 115 Å². The lowest BCUT2D eigenvalue weighted by molar-refractivity contribution is -0.147. The monoisotopic (exact) mass is 624 g/mol. The van der Waals surface area contributed by atoms with E-state index in [-0.39, 0.29) is 30.2 Å². The van der Waals surface area contributed by atoms with E-state index in [2.05, 4.69) is 6.92 Å². The molecule has 1 aromatic carbocycles. The van der Waals surface area contributed by atoms with Crippen LogP contribution in [-0.4, -0.2) is 53.5 Å². The average Bonchev–Trinajstić information content (AvgIpc) is 3.45. The highest BCUT2D eigenvalue weighted by atomic mass is 32.2. The molecule has 43 heavy (non-hydrogen) atoms. The molecule has 0 aliphatic carbocycles. The summed E-state index contributed by atoms with van der Waals surface area (Å²) in [5.74, 6) is 0.126. The minimum Gasteiger partial charge on any atom is -0.463 e. The Morgan fingerprint density at radius 3 is 1.95 bits per heavy atom. The van der Waals surface area contributed by atoms with Crippen LogP contribution >= 0.6 is 0 Å². The Morgan fingerprint density at radius 1 is 0.767 bits per heavy atom. The zero-order chi connectivity index (χ0) is 31.0. The number of benzene rings is 1. The number of rotatable bonds is 27. The van der Waals surface area contributed by atoms with Crippen molar-refractivity contribution in [3.05, 3.63) is 29.8 Å². The molecule has 0 saturated carbocycles. The number of ether oxygens (including phenoxy) is 3. The van der Waals surface area contributed by atoms with Gasteiger partial charge < -0.3 is 14.2 Å². The molecule has 0 unspecified atom stereocenters. The molecule has 0 N–H and O–H groups in total. The predicted molar refractivity (Wildman–Crippen MR) is 173 cm³/mol. The second-order valence-corrected chi connectivity index (χ2v) is 13.9. The molecule has 0 spiro atoms. The second kappa shape index (κ2) is 23.8. The van der Waals surface area contributed by atoms with Crippen LogP contribution in [0.25, 0.3) is 0 Å². The summed E-state index contributed by atoms with van der Waals surface area (Å²) in [6.07, 6.45) is 22.0. The lowest BCUT2D eigenvalue weighted by Gasteiger charge is -2.11. The first kappa shape index (κ1) is 37.7. The highest BCUT2D eigenvalue weighted by Crippen LogP contribution is 2.21. The molecule has 2 rings (SSSR count). The Hall–Kier alpha value is -1.48. The summed E-state index contributed by atoms with van der Waals surface area (Å²) in [6.45, 7) is 6.75. The van der Waals surface area contributed by atoms with Gasteiger partial charge in [0.2, 0.25) is 0 Å². The number of carbonyl (C=O) groups is 1. The maximum Gasteiger partial charge on any atom is 0.305 e. The lowest BCUT2D eigenvalue weighted by Crippen LogP contribution is -2.18. The molecule has 1 aliphatic heterocycles.